The Morgan fingerprint density at radius 1 is 1.27 bits per heavy atom. The van der Waals surface area contributed by atoms with Crippen LogP contribution in [0.15, 0.2) is 23.1 Å². The maximum absolute atomic E-state index is 12.4. The minimum atomic E-state index is -3.48. The first kappa shape index (κ1) is 15.7. The highest BCUT2D eigenvalue weighted by atomic mass is 32.2. The van der Waals surface area contributed by atoms with Crippen molar-refractivity contribution >= 4 is 10.0 Å². The van der Waals surface area contributed by atoms with E-state index in [2.05, 4.69) is 9.62 Å². The Labute approximate surface area is 131 Å². The van der Waals surface area contributed by atoms with Gasteiger partial charge in [0.1, 0.15) is 5.75 Å². The lowest BCUT2D eigenvalue weighted by atomic mass is 10.2. The van der Waals surface area contributed by atoms with Gasteiger partial charge in [-0.1, -0.05) is 0 Å². The van der Waals surface area contributed by atoms with Gasteiger partial charge in [0, 0.05) is 32.1 Å². The lowest BCUT2D eigenvalue weighted by molar-refractivity contribution is 0.0213. The van der Waals surface area contributed by atoms with Crippen molar-refractivity contribution in [3.8, 4) is 5.75 Å². The summed E-state index contributed by atoms with van der Waals surface area (Å²) in [4.78, 5) is 2.55. The van der Waals surface area contributed by atoms with Crippen LogP contribution in [0, 0.1) is 0 Å². The smallest absolute Gasteiger partial charge is 0.240 e. The molecule has 2 aliphatic rings. The fraction of sp³-hybridized carbons (Fsp3) is 0.600. The molecule has 0 spiro atoms. The second-order valence-electron chi connectivity index (χ2n) is 5.72. The van der Waals surface area contributed by atoms with E-state index in [9.17, 15) is 8.42 Å². The molecule has 0 radical (unpaired) electrons. The van der Waals surface area contributed by atoms with Gasteiger partial charge in [-0.15, -0.1) is 0 Å². The summed E-state index contributed by atoms with van der Waals surface area (Å²) in [6.45, 7) is 6.17. The summed E-state index contributed by atoms with van der Waals surface area (Å²) in [5.74, 6) is 0.792. The van der Waals surface area contributed by atoms with Gasteiger partial charge in [-0.3, -0.25) is 4.90 Å². The first-order chi connectivity index (χ1) is 10.6. The average Bonchev–Trinajstić information content (AvgIpc) is 3.01. The van der Waals surface area contributed by atoms with Crippen LogP contribution in [0.25, 0.3) is 0 Å². The number of ether oxygens (including phenoxy) is 2. The Morgan fingerprint density at radius 3 is 2.82 bits per heavy atom. The standard InChI is InChI=1S/C15H22N2O4S/c1-12(17-5-8-20-9-6-17)11-16-22(18,19)14-2-3-15-13(10-14)4-7-21-15/h2-3,10,12,16H,4-9,11H2,1H3/t12-/m0/s1. The van der Waals surface area contributed by atoms with Crippen molar-refractivity contribution in [1.82, 2.24) is 9.62 Å². The average molecular weight is 326 g/mol. The molecule has 22 heavy (non-hydrogen) atoms. The highest BCUT2D eigenvalue weighted by Crippen LogP contribution is 2.27. The Bertz CT molecular complexity index is 626. The molecule has 1 atom stereocenters. The molecular formula is C15H22N2O4S. The summed E-state index contributed by atoms with van der Waals surface area (Å²) in [5.41, 5.74) is 0.962. The van der Waals surface area contributed by atoms with Crippen LogP contribution in [-0.2, 0) is 21.2 Å². The number of fused-ring (bicyclic) bond motifs is 1. The van der Waals surface area contributed by atoms with E-state index in [0.717, 1.165) is 30.8 Å². The summed E-state index contributed by atoms with van der Waals surface area (Å²) < 4.78 is 38.3. The third-order valence-electron chi connectivity index (χ3n) is 4.21. The summed E-state index contributed by atoms with van der Waals surface area (Å²) in [7, 11) is -3.48. The van der Waals surface area contributed by atoms with Crippen molar-refractivity contribution in [1.29, 1.82) is 0 Å². The van der Waals surface area contributed by atoms with Crippen LogP contribution in [-0.4, -0.2) is 58.8 Å². The van der Waals surface area contributed by atoms with E-state index in [1.54, 1.807) is 18.2 Å². The van der Waals surface area contributed by atoms with E-state index in [4.69, 9.17) is 9.47 Å². The fourth-order valence-corrected chi connectivity index (χ4v) is 3.96. The third-order valence-corrected chi connectivity index (χ3v) is 5.63. The van der Waals surface area contributed by atoms with Crippen molar-refractivity contribution in [2.24, 2.45) is 0 Å². The summed E-state index contributed by atoms with van der Waals surface area (Å²) >= 11 is 0. The first-order valence-corrected chi connectivity index (χ1v) is 9.12. The van der Waals surface area contributed by atoms with Crippen molar-refractivity contribution in [2.45, 2.75) is 24.3 Å². The summed E-state index contributed by atoms with van der Waals surface area (Å²) in [6, 6.07) is 5.20. The van der Waals surface area contributed by atoms with Crippen LogP contribution in [0.3, 0.4) is 0 Å². The number of sulfonamides is 1. The molecule has 1 aromatic rings. The fourth-order valence-electron chi connectivity index (χ4n) is 2.79. The van der Waals surface area contributed by atoms with Crippen LogP contribution in [0.4, 0.5) is 0 Å². The Kier molecular flexibility index (Phi) is 4.67. The second kappa shape index (κ2) is 6.54. The molecule has 6 nitrogen and oxygen atoms in total. The molecule has 0 bridgehead atoms. The van der Waals surface area contributed by atoms with Gasteiger partial charge in [-0.2, -0.15) is 0 Å². The molecule has 0 saturated carbocycles. The zero-order valence-electron chi connectivity index (χ0n) is 12.7. The topological polar surface area (TPSA) is 67.9 Å². The molecule has 0 aliphatic carbocycles. The molecule has 0 amide bonds. The molecule has 1 N–H and O–H groups in total. The van der Waals surface area contributed by atoms with Gasteiger partial charge in [0.25, 0.3) is 0 Å². The van der Waals surface area contributed by atoms with Crippen LogP contribution in [0.2, 0.25) is 0 Å². The van der Waals surface area contributed by atoms with Gasteiger partial charge < -0.3 is 9.47 Å². The molecule has 122 valence electrons. The zero-order valence-corrected chi connectivity index (χ0v) is 13.6. The van der Waals surface area contributed by atoms with Crippen molar-refractivity contribution < 1.29 is 17.9 Å². The van der Waals surface area contributed by atoms with Gasteiger partial charge in [0.05, 0.1) is 24.7 Å². The normalized spacial score (nSPS) is 20.4. The Balaban J connectivity index is 1.63. The van der Waals surface area contributed by atoms with Crippen LogP contribution >= 0.6 is 0 Å². The van der Waals surface area contributed by atoms with Crippen molar-refractivity contribution in [3.05, 3.63) is 23.8 Å². The number of nitrogens with one attached hydrogen (secondary N) is 1. The van der Waals surface area contributed by atoms with Gasteiger partial charge >= 0.3 is 0 Å². The first-order valence-electron chi connectivity index (χ1n) is 7.63. The lowest BCUT2D eigenvalue weighted by Gasteiger charge is -2.32. The maximum atomic E-state index is 12.4. The number of hydrogen-bond donors (Lipinski definition) is 1. The van der Waals surface area contributed by atoms with E-state index in [0.29, 0.717) is 31.3 Å². The molecule has 1 fully saturated rings. The highest BCUT2D eigenvalue weighted by Gasteiger charge is 2.22. The number of hydrogen-bond acceptors (Lipinski definition) is 5. The minimum absolute atomic E-state index is 0.149. The number of rotatable bonds is 5. The SMILES string of the molecule is C[C@@H](CNS(=O)(=O)c1ccc2c(c1)CCO2)N1CCOCC1. The molecular weight excluding hydrogens is 304 g/mol. The maximum Gasteiger partial charge on any atom is 0.240 e. The predicted octanol–water partition coefficient (Wildman–Crippen LogP) is 0.620. The van der Waals surface area contributed by atoms with Crippen LogP contribution in [0.1, 0.15) is 12.5 Å². The molecule has 0 aromatic heterocycles. The quantitative estimate of drug-likeness (QED) is 0.859. The molecule has 2 heterocycles. The lowest BCUT2D eigenvalue weighted by Crippen LogP contribution is -2.47. The molecule has 7 heteroatoms. The van der Waals surface area contributed by atoms with Gasteiger partial charge in [0.2, 0.25) is 10.0 Å². The highest BCUT2D eigenvalue weighted by molar-refractivity contribution is 7.89. The van der Waals surface area contributed by atoms with E-state index < -0.39 is 10.0 Å². The molecule has 3 rings (SSSR count). The van der Waals surface area contributed by atoms with Gasteiger partial charge in [-0.05, 0) is 30.7 Å². The minimum Gasteiger partial charge on any atom is -0.493 e. The molecule has 1 aromatic carbocycles. The number of benzene rings is 1. The Hall–Kier alpha value is -1.15. The number of morpholine rings is 1. The largest absolute Gasteiger partial charge is 0.493 e. The van der Waals surface area contributed by atoms with Crippen LogP contribution in [0.5, 0.6) is 5.75 Å². The molecule has 2 aliphatic heterocycles. The zero-order chi connectivity index (χ0) is 15.6. The van der Waals surface area contributed by atoms with E-state index in [1.807, 2.05) is 6.92 Å². The third kappa shape index (κ3) is 3.43. The number of nitrogens with zero attached hydrogens (tertiary/aromatic N) is 1. The molecule has 1 saturated heterocycles. The molecule has 0 unspecified atom stereocenters. The van der Waals surface area contributed by atoms with Crippen molar-refractivity contribution in [3.63, 3.8) is 0 Å². The van der Waals surface area contributed by atoms with Crippen LogP contribution < -0.4 is 9.46 Å². The predicted molar refractivity (Wildman–Crippen MR) is 82.7 cm³/mol. The second-order valence-corrected chi connectivity index (χ2v) is 7.48. The van der Waals surface area contributed by atoms with E-state index >= 15 is 0 Å². The van der Waals surface area contributed by atoms with Gasteiger partial charge in [0.15, 0.2) is 0 Å². The summed E-state index contributed by atoms with van der Waals surface area (Å²) in [5, 5.41) is 0. The summed E-state index contributed by atoms with van der Waals surface area (Å²) in [6.07, 6.45) is 0.767. The monoisotopic (exact) mass is 326 g/mol. The van der Waals surface area contributed by atoms with E-state index in [1.165, 1.54) is 0 Å². The van der Waals surface area contributed by atoms with Gasteiger partial charge in [-0.25, -0.2) is 13.1 Å². The Morgan fingerprint density at radius 2 is 2.05 bits per heavy atom. The van der Waals surface area contributed by atoms with E-state index in [-0.39, 0.29) is 6.04 Å². The van der Waals surface area contributed by atoms with Crippen molar-refractivity contribution in [2.75, 3.05) is 39.5 Å².